The number of likely N-dealkylation sites (tertiary alicyclic amines) is 1. The van der Waals surface area contributed by atoms with Crippen molar-refractivity contribution in [1.82, 2.24) is 4.90 Å². The van der Waals surface area contributed by atoms with Crippen LogP contribution in [0.5, 0.6) is 0 Å². The number of hydrogen-bond acceptors (Lipinski definition) is 5. The van der Waals surface area contributed by atoms with Crippen molar-refractivity contribution in [3.8, 4) is 0 Å². The van der Waals surface area contributed by atoms with Crippen molar-refractivity contribution in [2.45, 2.75) is 85.0 Å². The van der Waals surface area contributed by atoms with Crippen LogP contribution in [0.4, 0.5) is 4.79 Å². The van der Waals surface area contributed by atoms with E-state index in [2.05, 4.69) is 19.0 Å². The monoisotopic (exact) mass is 484 g/mol. The number of piperidine rings is 1. The molecule has 1 N–H and O–H groups in total. The Hall–Kier alpha value is -2.18. The SMILES string of the molecule is C/C(=N\OC(=O)C1CCN(C(=O)O)CC1)[C@H]1CC[C@H]2[C@@H]3CCC4=CC(=O)CC[C@]4(C)[C@H]3CC[C@]12C. The Bertz CT molecular complexity index is 964. The molecule has 1 saturated heterocycles. The summed E-state index contributed by atoms with van der Waals surface area (Å²) < 4.78 is 0. The number of rotatable bonds is 3. The van der Waals surface area contributed by atoms with E-state index in [4.69, 9.17) is 9.94 Å². The molecule has 0 aromatic heterocycles. The van der Waals surface area contributed by atoms with Crippen LogP contribution in [-0.2, 0) is 14.4 Å². The van der Waals surface area contributed by atoms with Gasteiger partial charge in [-0.2, -0.15) is 0 Å². The first-order chi connectivity index (χ1) is 16.6. The molecule has 7 nitrogen and oxygen atoms in total. The minimum Gasteiger partial charge on any atom is -0.465 e. The van der Waals surface area contributed by atoms with Crippen LogP contribution in [0, 0.1) is 40.4 Å². The first-order valence-electron chi connectivity index (χ1n) is 13.6. The van der Waals surface area contributed by atoms with Crippen LogP contribution in [-0.4, -0.2) is 46.7 Å². The van der Waals surface area contributed by atoms with Gasteiger partial charge in [0, 0.05) is 25.4 Å². The summed E-state index contributed by atoms with van der Waals surface area (Å²) in [7, 11) is 0. The van der Waals surface area contributed by atoms with Crippen molar-refractivity contribution in [2.75, 3.05) is 13.1 Å². The van der Waals surface area contributed by atoms with Crippen LogP contribution in [0.1, 0.15) is 85.0 Å². The third-order valence-electron chi connectivity index (χ3n) is 10.8. The lowest BCUT2D eigenvalue weighted by Gasteiger charge is -2.58. The number of fused-ring (bicyclic) bond motifs is 5. The molecule has 0 aromatic carbocycles. The topological polar surface area (TPSA) is 96.3 Å². The number of hydrogen-bond donors (Lipinski definition) is 1. The zero-order valence-electron chi connectivity index (χ0n) is 21.4. The molecule has 5 rings (SSSR count). The van der Waals surface area contributed by atoms with E-state index in [-0.39, 0.29) is 22.7 Å². The van der Waals surface area contributed by atoms with Gasteiger partial charge in [0.2, 0.25) is 0 Å². The van der Waals surface area contributed by atoms with E-state index in [0.717, 1.165) is 31.4 Å². The Morgan fingerprint density at radius 3 is 2.49 bits per heavy atom. The summed E-state index contributed by atoms with van der Waals surface area (Å²) in [5, 5.41) is 13.5. The van der Waals surface area contributed by atoms with E-state index in [0.29, 0.717) is 61.8 Å². The predicted molar refractivity (Wildman–Crippen MR) is 132 cm³/mol. The van der Waals surface area contributed by atoms with Gasteiger partial charge >= 0.3 is 12.1 Å². The molecule has 7 heteroatoms. The number of oxime groups is 1. The van der Waals surface area contributed by atoms with Crippen molar-refractivity contribution in [1.29, 1.82) is 0 Å². The fraction of sp³-hybridized carbons (Fsp3) is 0.786. The third-order valence-corrected chi connectivity index (χ3v) is 10.8. The van der Waals surface area contributed by atoms with Crippen molar-refractivity contribution < 1.29 is 24.3 Å². The molecule has 0 bridgehead atoms. The Morgan fingerprint density at radius 1 is 1.03 bits per heavy atom. The minimum atomic E-state index is -0.930. The van der Waals surface area contributed by atoms with Crippen LogP contribution in [0.15, 0.2) is 16.8 Å². The summed E-state index contributed by atoms with van der Waals surface area (Å²) in [5.41, 5.74) is 2.70. The second-order valence-corrected chi connectivity index (χ2v) is 12.3. The quantitative estimate of drug-likeness (QED) is 0.327. The third kappa shape index (κ3) is 4.13. The standard InChI is InChI=1S/C28H40N2O5/c1-17(29-35-25(32)18-10-14-30(15-11-18)26(33)34)22-6-7-23-21-5-4-19-16-20(31)8-12-27(19,2)24(21)9-13-28(22,23)3/h16,18,21-24H,4-15H2,1-3H3,(H,33,34)/b29-17+/t21-,22+,23-,24-,27-,28+/m0/s1. The van der Waals surface area contributed by atoms with Gasteiger partial charge in [-0.3, -0.25) is 4.79 Å². The molecular weight excluding hydrogens is 444 g/mol. The number of nitrogens with zero attached hydrogens (tertiary/aromatic N) is 2. The van der Waals surface area contributed by atoms with Crippen LogP contribution >= 0.6 is 0 Å². The molecule has 5 aliphatic rings. The normalized spacial score (nSPS) is 39.9. The van der Waals surface area contributed by atoms with E-state index in [9.17, 15) is 14.4 Å². The maximum atomic E-state index is 12.6. The Labute approximate surface area is 208 Å². The van der Waals surface area contributed by atoms with Crippen molar-refractivity contribution in [2.24, 2.45) is 45.6 Å². The number of ketones is 1. The molecule has 3 saturated carbocycles. The fourth-order valence-electron chi connectivity index (χ4n) is 8.81. The van der Waals surface area contributed by atoms with Gasteiger partial charge in [-0.1, -0.05) is 24.6 Å². The second-order valence-electron chi connectivity index (χ2n) is 12.3. The molecule has 4 aliphatic carbocycles. The summed E-state index contributed by atoms with van der Waals surface area (Å²) in [6, 6.07) is 0. The molecule has 1 amide bonds. The molecule has 0 aromatic rings. The van der Waals surface area contributed by atoms with Gasteiger partial charge in [0.1, 0.15) is 0 Å². The van der Waals surface area contributed by atoms with Gasteiger partial charge in [0.05, 0.1) is 11.6 Å². The lowest BCUT2D eigenvalue weighted by molar-refractivity contribution is -0.150. The highest BCUT2D eigenvalue weighted by atomic mass is 16.7. The van der Waals surface area contributed by atoms with Crippen molar-refractivity contribution in [3.05, 3.63) is 11.6 Å². The van der Waals surface area contributed by atoms with E-state index in [1.807, 2.05) is 13.0 Å². The average Bonchev–Trinajstić information content (AvgIpc) is 3.20. The largest absolute Gasteiger partial charge is 0.465 e. The second kappa shape index (κ2) is 9.04. The summed E-state index contributed by atoms with van der Waals surface area (Å²) in [6.45, 7) is 7.61. The van der Waals surface area contributed by atoms with Crippen LogP contribution in [0.2, 0.25) is 0 Å². The molecule has 1 heterocycles. The highest BCUT2D eigenvalue weighted by molar-refractivity contribution is 5.91. The molecule has 4 fully saturated rings. The molecule has 0 spiro atoms. The summed E-state index contributed by atoms with van der Waals surface area (Å²) >= 11 is 0. The number of carbonyl (C=O) groups is 3. The molecule has 192 valence electrons. The lowest BCUT2D eigenvalue weighted by atomic mass is 9.46. The van der Waals surface area contributed by atoms with Crippen molar-refractivity contribution >= 4 is 23.6 Å². The molecule has 35 heavy (non-hydrogen) atoms. The first-order valence-corrected chi connectivity index (χ1v) is 13.6. The number of amides is 1. The van der Waals surface area contributed by atoms with Gasteiger partial charge in [-0.15, -0.1) is 0 Å². The summed E-state index contributed by atoms with van der Waals surface area (Å²) in [5.74, 6) is 2.05. The summed E-state index contributed by atoms with van der Waals surface area (Å²) in [6.07, 6.45) is 10.6. The minimum absolute atomic E-state index is 0.177. The summed E-state index contributed by atoms with van der Waals surface area (Å²) in [4.78, 5) is 42.6. The number of carboxylic acid groups (broad SMARTS) is 1. The van der Waals surface area contributed by atoms with Crippen molar-refractivity contribution in [3.63, 3.8) is 0 Å². The van der Waals surface area contributed by atoms with E-state index >= 15 is 0 Å². The molecule has 1 aliphatic heterocycles. The maximum Gasteiger partial charge on any atom is 0.407 e. The van der Waals surface area contributed by atoms with Crippen LogP contribution in [0.3, 0.4) is 0 Å². The van der Waals surface area contributed by atoms with E-state index in [1.54, 1.807) is 0 Å². The Balaban J connectivity index is 1.24. The molecule has 0 radical (unpaired) electrons. The molecule has 6 atom stereocenters. The fourth-order valence-corrected chi connectivity index (χ4v) is 8.81. The lowest BCUT2D eigenvalue weighted by Crippen LogP contribution is -2.51. The Kier molecular flexibility index (Phi) is 6.33. The highest BCUT2D eigenvalue weighted by Crippen LogP contribution is 2.66. The molecular formula is C28H40N2O5. The van der Waals surface area contributed by atoms with Gasteiger partial charge in [0.15, 0.2) is 5.78 Å². The zero-order chi connectivity index (χ0) is 25.0. The first kappa shape index (κ1) is 24.5. The van der Waals surface area contributed by atoms with Crippen LogP contribution < -0.4 is 0 Å². The maximum absolute atomic E-state index is 12.6. The van der Waals surface area contributed by atoms with Gasteiger partial charge in [-0.05, 0) is 99.4 Å². The van der Waals surface area contributed by atoms with Gasteiger partial charge in [0.25, 0.3) is 0 Å². The number of carbonyl (C=O) groups excluding carboxylic acids is 2. The van der Waals surface area contributed by atoms with Gasteiger partial charge in [-0.25, -0.2) is 9.59 Å². The number of allylic oxidation sites excluding steroid dienone is 1. The van der Waals surface area contributed by atoms with Gasteiger partial charge < -0.3 is 14.8 Å². The molecule has 0 unspecified atom stereocenters. The average molecular weight is 485 g/mol. The van der Waals surface area contributed by atoms with E-state index < -0.39 is 6.09 Å². The zero-order valence-corrected chi connectivity index (χ0v) is 21.4. The Morgan fingerprint density at radius 2 is 1.77 bits per heavy atom. The van der Waals surface area contributed by atoms with E-state index in [1.165, 1.54) is 29.7 Å². The smallest absolute Gasteiger partial charge is 0.407 e. The predicted octanol–water partition coefficient (Wildman–Crippen LogP) is 5.44. The highest BCUT2D eigenvalue weighted by Gasteiger charge is 2.59. The van der Waals surface area contributed by atoms with Crippen LogP contribution in [0.25, 0.3) is 0 Å².